The molecule has 1 aromatic rings. The lowest BCUT2D eigenvalue weighted by Gasteiger charge is -2.18. The van der Waals surface area contributed by atoms with Crippen molar-refractivity contribution < 1.29 is 9.53 Å². The highest BCUT2D eigenvalue weighted by Crippen LogP contribution is 2.48. The predicted molar refractivity (Wildman–Crippen MR) is 76.0 cm³/mol. The van der Waals surface area contributed by atoms with E-state index in [1.165, 1.54) is 12.8 Å². The van der Waals surface area contributed by atoms with E-state index in [2.05, 4.69) is 5.32 Å². The summed E-state index contributed by atoms with van der Waals surface area (Å²) < 4.78 is 5.13. The third-order valence-corrected chi connectivity index (χ3v) is 3.76. The minimum atomic E-state index is -0.441. The maximum absolute atomic E-state index is 11.4. The number of methoxy groups -OCH3 is 1. The number of carbonyl (C=O) groups excluding carboxylic acids is 1. The summed E-state index contributed by atoms with van der Waals surface area (Å²) in [5.41, 5.74) is 13.2. The second-order valence-electron chi connectivity index (χ2n) is 5.27. The zero-order valence-electron chi connectivity index (χ0n) is 11.2. The van der Waals surface area contributed by atoms with Gasteiger partial charge in [0.05, 0.1) is 5.56 Å². The van der Waals surface area contributed by atoms with Crippen molar-refractivity contribution in [2.45, 2.75) is 19.3 Å². The lowest BCUT2D eigenvalue weighted by molar-refractivity contribution is 0.100. The van der Waals surface area contributed by atoms with E-state index in [1.54, 1.807) is 25.3 Å². The van der Waals surface area contributed by atoms with Gasteiger partial charge in [-0.25, -0.2) is 0 Å². The topological polar surface area (TPSA) is 90.4 Å². The first-order valence-electron chi connectivity index (χ1n) is 6.48. The molecule has 5 nitrogen and oxygen atoms in total. The van der Waals surface area contributed by atoms with Crippen LogP contribution in [0.25, 0.3) is 0 Å². The summed E-state index contributed by atoms with van der Waals surface area (Å²) in [5.74, 6) is -0.441. The highest BCUT2D eigenvalue weighted by atomic mass is 16.5. The van der Waals surface area contributed by atoms with Gasteiger partial charge in [-0.1, -0.05) is 0 Å². The number of nitrogens with two attached hydrogens (primary N) is 2. The molecule has 0 aliphatic heterocycles. The van der Waals surface area contributed by atoms with Crippen molar-refractivity contribution in [1.29, 1.82) is 0 Å². The van der Waals surface area contributed by atoms with Crippen LogP contribution in [0.5, 0.6) is 0 Å². The summed E-state index contributed by atoms with van der Waals surface area (Å²) in [5, 5.41) is 3.31. The molecule has 104 valence electrons. The molecule has 1 aliphatic rings. The van der Waals surface area contributed by atoms with Crippen LogP contribution in [0.2, 0.25) is 0 Å². The van der Waals surface area contributed by atoms with Crippen molar-refractivity contribution in [3.05, 3.63) is 23.8 Å². The average Bonchev–Trinajstić information content (AvgIpc) is 3.14. The second-order valence-corrected chi connectivity index (χ2v) is 5.27. The van der Waals surface area contributed by atoms with Gasteiger partial charge in [-0.3, -0.25) is 4.79 Å². The summed E-state index contributed by atoms with van der Waals surface area (Å²) in [6.07, 6.45) is 3.42. The molecule has 0 heterocycles. The van der Waals surface area contributed by atoms with Gasteiger partial charge in [0, 0.05) is 31.6 Å². The van der Waals surface area contributed by atoms with Crippen LogP contribution < -0.4 is 16.8 Å². The Bertz CT molecular complexity index is 470. The Morgan fingerprint density at radius 2 is 2.21 bits per heavy atom. The van der Waals surface area contributed by atoms with Crippen LogP contribution in [-0.2, 0) is 4.74 Å². The van der Waals surface area contributed by atoms with Gasteiger partial charge in [0.15, 0.2) is 0 Å². The van der Waals surface area contributed by atoms with Crippen molar-refractivity contribution in [2.24, 2.45) is 11.1 Å². The fourth-order valence-electron chi connectivity index (χ4n) is 2.22. The van der Waals surface area contributed by atoms with Crippen molar-refractivity contribution in [1.82, 2.24) is 0 Å². The molecule has 0 radical (unpaired) electrons. The van der Waals surface area contributed by atoms with E-state index in [1.807, 2.05) is 0 Å². The van der Waals surface area contributed by atoms with Crippen LogP contribution in [0.3, 0.4) is 0 Å². The molecule has 1 aliphatic carbocycles. The number of anilines is 2. The normalized spacial score (nSPS) is 16.1. The Balaban J connectivity index is 2.03. The number of amides is 1. The van der Waals surface area contributed by atoms with Crippen LogP contribution in [0.1, 0.15) is 29.6 Å². The number of nitrogens with one attached hydrogen (secondary N) is 1. The Morgan fingerprint density at radius 3 is 2.79 bits per heavy atom. The predicted octanol–water partition coefficient (Wildman–Crippen LogP) is 1.60. The van der Waals surface area contributed by atoms with Gasteiger partial charge in [0.1, 0.15) is 0 Å². The number of ether oxygens (including phenoxy) is 1. The molecule has 1 amide bonds. The molecule has 0 atom stereocenters. The van der Waals surface area contributed by atoms with Gasteiger partial charge in [0.25, 0.3) is 5.91 Å². The molecular formula is C14H21N3O2. The maximum Gasteiger partial charge on any atom is 0.250 e. The van der Waals surface area contributed by atoms with Gasteiger partial charge in [-0.2, -0.15) is 0 Å². The Morgan fingerprint density at radius 1 is 1.47 bits per heavy atom. The minimum absolute atomic E-state index is 0.301. The molecule has 1 aromatic carbocycles. The molecule has 5 heteroatoms. The third-order valence-electron chi connectivity index (χ3n) is 3.76. The van der Waals surface area contributed by atoms with Crippen molar-refractivity contribution in [3.63, 3.8) is 0 Å². The second kappa shape index (κ2) is 5.48. The van der Waals surface area contributed by atoms with Crippen molar-refractivity contribution in [2.75, 3.05) is 31.3 Å². The summed E-state index contributed by atoms with van der Waals surface area (Å²) in [7, 11) is 1.71. The zero-order chi connectivity index (χ0) is 13.9. The van der Waals surface area contributed by atoms with Crippen LogP contribution in [0, 0.1) is 5.41 Å². The number of rotatable bonds is 7. The fraction of sp³-hybridized carbons (Fsp3) is 0.500. The number of carbonyl (C=O) groups is 1. The van der Waals surface area contributed by atoms with Crippen LogP contribution in [0.4, 0.5) is 11.4 Å². The van der Waals surface area contributed by atoms with Crippen LogP contribution >= 0.6 is 0 Å². The number of hydrogen-bond donors (Lipinski definition) is 3. The maximum atomic E-state index is 11.4. The quantitative estimate of drug-likeness (QED) is 0.652. The number of nitrogen functional groups attached to an aromatic ring is 1. The minimum Gasteiger partial charge on any atom is -0.399 e. The van der Waals surface area contributed by atoms with Crippen molar-refractivity contribution >= 4 is 17.3 Å². The van der Waals surface area contributed by atoms with E-state index in [0.717, 1.165) is 25.3 Å². The molecule has 2 rings (SSSR count). The largest absolute Gasteiger partial charge is 0.399 e. The lowest BCUT2D eigenvalue weighted by atomic mass is 10.0. The third kappa shape index (κ3) is 3.38. The highest BCUT2D eigenvalue weighted by Gasteiger charge is 2.41. The molecule has 0 aromatic heterocycles. The SMILES string of the molecule is COCCC1(CNc2cc(N)ccc2C(N)=O)CC1. The van der Waals surface area contributed by atoms with E-state index < -0.39 is 5.91 Å². The van der Waals surface area contributed by atoms with E-state index in [9.17, 15) is 4.79 Å². The molecule has 1 saturated carbocycles. The first kappa shape index (κ1) is 13.7. The summed E-state index contributed by atoms with van der Waals surface area (Å²) in [4.78, 5) is 11.4. The molecule has 5 N–H and O–H groups in total. The Labute approximate surface area is 113 Å². The molecule has 0 bridgehead atoms. The smallest absolute Gasteiger partial charge is 0.250 e. The van der Waals surface area contributed by atoms with Gasteiger partial charge < -0.3 is 21.5 Å². The van der Waals surface area contributed by atoms with Crippen LogP contribution in [-0.4, -0.2) is 26.2 Å². The highest BCUT2D eigenvalue weighted by molar-refractivity contribution is 5.99. The van der Waals surface area contributed by atoms with Gasteiger partial charge in [0.2, 0.25) is 0 Å². The Kier molecular flexibility index (Phi) is 3.95. The van der Waals surface area contributed by atoms with E-state index in [0.29, 0.717) is 16.7 Å². The number of benzene rings is 1. The molecule has 19 heavy (non-hydrogen) atoms. The lowest BCUT2D eigenvalue weighted by Crippen LogP contribution is -2.20. The van der Waals surface area contributed by atoms with Gasteiger partial charge >= 0.3 is 0 Å². The monoisotopic (exact) mass is 263 g/mol. The molecule has 0 spiro atoms. The standard InChI is InChI=1S/C14H21N3O2/c1-19-7-6-14(4-5-14)9-17-12-8-10(15)2-3-11(12)13(16)18/h2-3,8,17H,4-7,9,15H2,1H3,(H2,16,18). The fourth-order valence-corrected chi connectivity index (χ4v) is 2.22. The molecule has 1 fully saturated rings. The molecular weight excluding hydrogens is 242 g/mol. The number of hydrogen-bond acceptors (Lipinski definition) is 4. The van der Waals surface area contributed by atoms with E-state index in [4.69, 9.17) is 16.2 Å². The van der Waals surface area contributed by atoms with Crippen LogP contribution in [0.15, 0.2) is 18.2 Å². The van der Waals surface area contributed by atoms with E-state index in [-0.39, 0.29) is 0 Å². The molecule has 0 saturated heterocycles. The van der Waals surface area contributed by atoms with Gasteiger partial charge in [-0.15, -0.1) is 0 Å². The first-order chi connectivity index (χ1) is 9.06. The zero-order valence-corrected chi connectivity index (χ0v) is 11.2. The summed E-state index contributed by atoms with van der Waals surface area (Å²) in [6, 6.07) is 5.10. The van der Waals surface area contributed by atoms with Crippen molar-refractivity contribution in [3.8, 4) is 0 Å². The molecule has 0 unspecified atom stereocenters. The van der Waals surface area contributed by atoms with Gasteiger partial charge in [-0.05, 0) is 42.9 Å². The van der Waals surface area contributed by atoms with E-state index >= 15 is 0 Å². The first-order valence-corrected chi connectivity index (χ1v) is 6.48. The summed E-state index contributed by atoms with van der Waals surface area (Å²) >= 11 is 0. The average molecular weight is 263 g/mol. The summed E-state index contributed by atoms with van der Waals surface area (Å²) in [6.45, 7) is 1.58. The Hall–Kier alpha value is -1.75. The number of primary amides is 1.